The lowest BCUT2D eigenvalue weighted by atomic mass is 9.81. The predicted molar refractivity (Wildman–Crippen MR) is 131 cm³/mol. The molecule has 2 aliphatic carbocycles. The number of carboxylic acids is 1. The van der Waals surface area contributed by atoms with Gasteiger partial charge in [-0.05, 0) is 47.9 Å². The van der Waals surface area contributed by atoms with Crippen LogP contribution in [0.5, 0.6) is 0 Å². The topological polar surface area (TPSA) is 95.9 Å². The van der Waals surface area contributed by atoms with Gasteiger partial charge in [-0.15, -0.1) is 0 Å². The minimum atomic E-state index is -1.04. The fourth-order valence-corrected chi connectivity index (χ4v) is 6.09. The van der Waals surface area contributed by atoms with E-state index >= 15 is 0 Å². The van der Waals surface area contributed by atoms with Crippen LogP contribution in [0.15, 0.2) is 48.5 Å². The van der Waals surface area contributed by atoms with Crippen LogP contribution in [-0.2, 0) is 14.3 Å². The number of rotatable bonds is 5. The Hall–Kier alpha value is -3.35. The van der Waals surface area contributed by atoms with Gasteiger partial charge in [0.2, 0.25) is 5.91 Å². The summed E-state index contributed by atoms with van der Waals surface area (Å²) >= 11 is 0. The highest BCUT2D eigenvalue weighted by molar-refractivity contribution is 5.91. The molecule has 1 saturated heterocycles. The second kappa shape index (κ2) is 8.70. The molecule has 0 radical (unpaired) electrons. The van der Waals surface area contributed by atoms with Crippen LogP contribution in [0.2, 0.25) is 0 Å². The second-order valence-electron chi connectivity index (χ2n) is 10.5. The van der Waals surface area contributed by atoms with E-state index in [2.05, 4.69) is 29.6 Å². The first-order valence-corrected chi connectivity index (χ1v) is 12.4. The zero-order chi connectivity index (χ0) is 24.8. The van der Waals surface area contributed by atoms with E-state index in [0.29, 0.717) is 19.4 Å². The van der Waals surface area contributed by atoms with Crippen molar-refractivity contribution >= 4 is 18.0 Å². The number of benzene rings is 2. The van der Waals surface area contributed by atoms with Crippen LogP contribution in [0.1, 0.15) is 56.6 Å². The number of hydrogen-bond acceptors (Lipinski definition) is 4. The number of likely N-dealkylation sites (tertiary alicyclic amines) is 1. The number of alkyl carbamates (subject to hydrolysis) is 1. The van der Waals surface area contributed by atoms with Gasteiger partial charge in [0.25, 0.3) is 0 Å². The zero-order valence-electron chi connectivity index (χ0n) is 20.3. The van der Waals surface area contributed by atoms with Crippen molar-refractivity contribution in [2.75, 3.05) is 19.7 Å². The summed E-state index contributed by atoms with van der Waals surface area (Å²) in [6, 6.07) is 16.3. The van der Waals surface area contributed by atoms with Gasteiger partial charge in [-0.25, -0.2) is 4.79 Å². The molecular weight excluding hydrogens is 444 g/mol. The molecular formula is C28H32N2O5. The maximum absolute atomic E-state index is 13.6. The number of carbonyl (C=O) groups excluding carboxylic acids is 2. The molecule has 2 aromatic carbocycles. The number of aliphatic carboxylic acids is 1. The minimum absolute atomic E-state index is 0.0564. The number of fused-ring (bicyclic) bond motifs is 3. The van der Waals surface area contributed by atoms with Gasteiger partial charge >= 0.3 is 12.1 Å². The van der Waals surface area contributed by atoms with E-state index < -0.39 is 23.0 Å². The molecule has 2 amide bonds. The largest absolute Gasteiger partial charge is 0.481 e. The van der Waals surface area contributed by atoms with Gasteiger partial charge in [-0.2, -0.15) is 0 Å². The Morgan fingerprint density at radius 1 is 1.03 bits per heavy atom. The third-order valence-electron chi connectivity index (χ3n) is 8.43. The molecule has 1 aliphatic heterocycles. The summed E-state index contributed by atoms with van der Waals surface area (Å²) in [7, 11) is 0. The summed E-state index contributed by atoms with van der Waals surface area (Å²) in [6.45, 7) is 4.25. The van der Waals surface area contributed by atoms with Crippen molar-refractivity contribution in [2.45, 2.75) is 51.0 Å². The summed E-state index contributed by atoms with van der Waals surface area (Å²) in [5.74, 6) is -1.32. The third-order valence-corrected chi connectivity index (χ3v) is 8.43. The van der Waals surface area contributed by atoms with E-state index in [1.54, 1.807) is 11.8 Å². The highest BCUT2D eigenvalue weighted by Gasteiger charge is 2.53. The minimum Gasteiger partial charge on any atom is -0.481 e. The molecule has 2 N–H and O–H groups in total. The summed E-state index contributed by atoms with van der Waals surface area (Å²) < 4.78 is 5.72. The molecule has 1 heterocycles. The smallest absolute Gasteiger partial charge is 0.408 e. The van der Waals surface area contributed by atoms with E-state index in [1.807, 2.05) is 31.2 Å². The molecule has 1 saturated carbocycles. The third kappa shape index (κ3) is 3.87. The van der Waals surface area contributed by atoms with Crippen molar-refractivity contribution in [3.05, 3.63) is 59.7 Å². The lowest BCUT2D eigenvalue weighted by Crippen LogP contribution is -2.58. The van der Waals surface area contributed by atoms with Crippen LogP contribution in [0.25, 0.3) is 11.1 Å². The molecule has 0 bridgehead atoms. The zero-order valence-corrected chi connectivity index (χ0v) is 20.3. The number of ether oxygens (including phenoxy) is 1. The second-order valence-corrected chi connectivity index (χ2v) is 10.5. The number of nitrogens with one attached hydrogen (secondary N) is 1. The maximum atomic E-state index is 13.6. The summed E-state index contributed by atoms with van der Waals surface area (Å²) in [6.07, 6.45) is 2.12. The molecule has 35 heavy (non-hydrogen) atoms. The van der Waals surface area contributed by atoms with Gasteiger partial charge in [0.15, 0.2) is 0 Å². The monoisotopic (exact) mass is 476 g/mol. The fraction of sp³-hybridized carbons (Fsp3) is 0.464. The lowest BCUT2D eigenvalue weighted by Gasteiger charge is -2.33. The van der Waals surface area contributed by atoms with Crippen LogP contribution in [-0.4, -0.2) is 53.2 Å². The molecule has 2 atom stereocenters. The molecule has 2 fully saturated rings. The van der Waals surface area contributed by atoms with Crippen molar-refractivity contribution in [3.8, 4) is 11.1 Å². The first kappa shape index (κ1) is 23.4. The van der Waals surface area contributed by atoms with Gasteiger partial charge in [0.1, 0.15) is 12.1 Å². The van der Waals surface area contributed by atoms with Crippen molar-refractivity contribution in [2.24, 2.45) is 11.3 Å². The summed E-state index contributed by atoms with van der Waals surface area (Å²) in [5, 5.41) is 12.6. The van der Waals surface area contributed by atoms with Gasteiger partial charge in [0.05, 0.1) is 5.41 Å². The van der Waals surface area contributed by atoms with Crippen LogP contribution in [0.4, 0.5) is 4.79 Å². The van der Waals surface area contributed by atoms with E-state index in [9.17, 15) is 19.5 Å². The van der Waals surface area contributed by atoms with Gasteiger partial charge in [0, 0.05) is 19.0 Å². The SMILES string of the molecule is C[C@@H]1CN(C(=O)C2(NC(=O)OCC3c4ccccc4-c4ccccc43)CCCC2)C[C@@]1(C)C(=O)O. The average Bonchev–Trinajstić information content (AvgIpc) is 3.53. The number of amides is 2. The van der Waals surface area contributed by atoms with Crippen LogP contribution in [0.3, 0.4) is 0 Å². The van der Waals surface area contributed by atoms with E-state index in [-0.39, 0.29) is 30.9 Å². The Morgan fingerprint density at radius 3 is 2.14 bits per heavy atom. The Morgan fingerprint density at radius 2 is 1.60 bits per heavy atom. The Balaban J connectivity index is 1.29. The quantitative estimate of drug-likeness (QED) is 0.667. The standard InChI is InChI=1S/C28H32N2O5/c1-18-15-30(17-27(18,2)25(32)33)24(31)28(13-7-8-14-28)29-26(34)35-16-23-21-11-5-3-9-19(21)20-10-4-6-12-22(20)23/h3-6,9-12,18,23H,7-8,13-17H2,1-2H3,(H,29,34)(H,32,33)/t18-,27-/m1/s1. The average molecular weight is 477 g/mol. The number of carbonyl (C=O) groups is 3. The van der Waals surface area contributed by atoms with Gasteiger partial charge < -0.3 is 20.1 Å². The molecule has 0 unspecified atom stereocenters. The molecule has 2 aromatic rings. The molecule has 7 nitrogen and oxygen atoms in total. The first-order valence-electron chi connectivity index (χ1n) is 12.4. The molecule has 3 aliphatic rings. The van der Waals surface area contributed by atoms with Crippen molar-refractivity contribution in [1.82, 2.24) is 10.2 Å². The molecule has 0 spiro atoms. The highest BCUT2D eigenvalue weighted by Crippen LogP contribution is 2.45. The lowest BCUT2D eigenvalue weighted by molar-refractivity contribution is -0.149. The molecule has 5 rings (SSSR count). The fourth-order valence-electron chi connectivity index (χ4n) is 6.09. The predicted octanol–water partition coefficient (Wildman–Crippen LogP) is 4.41. The van der Waals surface area contributed by atoms with Gasteiger partial charge in [-0.1, -0.05) is 68.3 Å². The maximum Gasteiger partial charge on any atom is 0.408 e. The van der Waals surface area contributed by atoms with E-state index in [1.165, 1.54) is 0 Å². The van der Waals surface area contributed by atoms with Crippen molar-refractivity contribution < 1.29 is 24.2 Å². The number of hydrogen-bond donors (Lipinski definition) is 2. The van der Waals surface area contributed by atoms with E-state index in [0.717, 1.165) is 35.1 Å². The van der Waals surface area contributed by atoms with Crippen molar-refractivity contribution in [1.29, 1.82) is 0 Å². The van der Waals surface area contributed by atoms with Gasteiger partial charge in [-0.3, -0.25) is 9.59 Å². The van der Waals surface area contributed by atoms with Crippen LogP contribution in [0, 0.1) is 11.3 Å². The Labute approximate surface area is 205 Å². The highest BCUT2D eigenvalue weighted by atomic mass is 16.5. The normalized spacial score (nSPS) is 24.6. The van der Waals surface area contributed by atoms with Crippen molar-refractivity contribution in [3.63, 3.8) is 0 Å². The van der Waals surface area contributed by atoms with Crippen LogP contribution >= 0.6 is 0 Å². The molecule has 7 heteroatoms. The summed E-state index contributed by atoms with van der Waals surface area (Å²) in [4.78, 5) is 40.1. The molecule has 0 aromatic heterocycles. The molecule has 184 valence electrons. The summed E-state index contributed by atoms with van der Waals surface area (Å²) in [5.41, 5.74) is 2.55. The first-order chi connectivity index (χ1) is 16.7. The van der Waals surface area contributed by atoms with E-state index in [4.69, 9.17) is 4.74 Å². The Bertz CT molecular complexity index is 1130. The van der Waals surface area contributed by atoms with Crippen LogP contribution < -0.4 is 5.32 Å². The Kier molecular flexibility index (Phi) is 5.82. The number of nitrogens with zero attached hydrogens (tertiary/aromatic N) is 1. The number of carboxylic acid groups (broad SMARTS) is 1.